The lowest BCUT2D eigenvalue weighted by Crippen LogP contribution is -2.11. The first-order valence-corrected chi connectivity index (χ1v) is 7.55. The van der Waals surface area contributed by atoms with E-state index in [0.29, 0.717) is 5.56 Å². The molecule has 0 bridgehead atoms. The summed E-state index contributed by atoms with van der Waals surface area (Å²) >= 11 is 0. The normalized spacial score (nSPS) is 11.0. The molecule has 2 rings (SSSR count). The lowest BCUT2D eigenvalue weighted by molar-refractivity contribution is -0.385. The predicted octanol–water partition coefficient (Wildman–Crippen LogP) is 2.58. The molecule has 0 aliphatic heterocycles. The second kappa shape index (κ2) is 6.01. The second-order valence-corrected chi connectivity index (χ2v) is 6.06. The fourth-order valence-corrected chi connectivity index (χ4v) is 2.68. The molecular weight excluding hydrogens is 328 g/mol. The van der Waals surface area contributed by atoms with Crippen LogP contribution in [0.25, 0.3) is 0 Å². The van der Waals surface area contributed by atoms with Crippen molar-refractivity contribution in [3.8, 4) is 5.75 Å². The summed E-state index contributed by atoms with van der Waals surface area (Å²) < 4.78 is 29.1. The van der Waals surface area contributed by atoms with Crippen LogP contribution in [-0.4, -0.2) is 18.3 Å². The van der Waals surface area contributed by atoms with Crippen molar-refractivity contribution < 1.29 is 22.4 Å². The summed E-state index contributed by atoms with van der Waals surface area (Å²) in [6.45, 7) is 1.61. The third-order valence-corrected chi connectivity index (χ3v) is 4.10. The van der Waals surface area contributed by atoms with Gasteiger partial charge in [0.05, 0.1) is 9.85 Å². The zero-order valence-electron chi connectivity index (χ0n) is 11.7. The Bertz CT molecular complexity index is 876. The minimum Gasteiger partial charge on any atom is -0.372 e. The summed E-state index contributed by atoms with van der Waals surface area (Å²) in [6.07, 6.45) is 0. The molecular formula is C13H10N2O7S. The highest BCUT2D eigenvalue weighted by molar-refractivity contribution is 7.87. The van der Waals surface area contributed by atoms with Gasteiger partial charge in [-0.1, -0.05) is 6.07 Å². The number of nitro groups is 2. The van der Waals surface area contributed by atoms with Crippen molar-refractivity contribution in [3.05, 3.63) is 68.3 Å². The van der Waals surface area contributed by atoms with Crippen LogP contribution in [0.15, 0.2) is 47.4 Å². The average Bonchev–Trinajstić information content (AvgIpc) is 2.48. The zero-order valence-corrected chi connectivity index (χ0v) is 12.5. The highest BCUT2D eigenvalue weighted by atomic mass is 32.2. The molecule has 0 aliphatic rings. The first-order chi connectivity index (χ1) is 10.7. The molecule has 9 nitrogen and oxygen atoms in total. The number of non-ortho nitro benzene ring substituents is 1. The van der Waals surface area contributed by atoms with E-state index >= 15 is 0 Å². The lowest BCUT2D eigenvalue weighted by atomic mass is 10.2. The van der Waals surface area contributed by atoms with E-state index in [1.54, 1.807) is 6.92 Å². The van der Waals surface area contributed by atoms with Gasteiger partial charge in [0.1, 0.15) is 4.90 Å². The van der Waals surface area contributed by atoms with Crippen LogP contribution >= 0.6 is 0 Å². The minimum absolute atomic E-state index is 0.287. The predicted molar refractivity (Wildman–Crippen MR) is 78.7 cm³/mol. The van der Waals surface area contributed by atoms with Gasteiger partial charge in [-0.2, -0.15) is 8.42 Å². The fraction of sp³-hybridized carbons (Fsp3) is 0.0769. The Hall–Kier alpha value is -3.01. The quantitative estimate of drug-likeness (QED) is 0.465. The Morgan fingerprint density at radius 3 is 2.09 bits per heavy atom. The molecule has 0 fully saturated rings. The number of hydrogen-bond acceptors (Lipinski definition) is 7. The van der Waals surface area contributed by atoms with E-state index in [4.69, 9.17) is 4.18 Å². The van der Waals surface area contributed by atoms with Crippen molar-refractivity contribution in [3.63, 3.8) is 0 Å². The molecule has 0 atom stereocenters. The van der Waals surface area contributed by atoms with Gasteiger partial charge in [-0.3, -0.25) is 20.2 Å². The Morgan fingerprint density at radius 2 is 1.57 bits per heavy atom. The van der Waals surface area contributed by atoms with E-state index in [1.807, 2.05) is 0 Å². The molecule has 0 unspecified atom stereocenters. The van der Waals surface area contributed by atoms with Crippen LogP contribution in [0.3, 0.4) is 0 Å². The van der Waals surface area contributed by atoms with Crippen LogP contribution in [0.4, 0.5) is 11.4 Å². The maximum absolute atomic E-state index is 12.1. The van der Waals surface area contributed by atoms with Crippen molar-refractivity contribution in [1.29, 1.82) is 0 Å². The highest BCUT2D eigenvalue weighted by Gasteiger charge is 2.24. The van der Waals surface area contributed by atoms with Gasteiger partial charge in [0.15, 0.2) is 0 Å². The molecule has 120 valence electrons. The molecule has 2 aromatic rings. The van der Waals surface area contributed by atoms with E-state index in [-0.39, 0.29) is 10.6 Å². The van der Waals surface area contributed by atoms with Crippen LogP contribution < -0.4 is 4.18 Å². The minimum atomic E-state index is -4.35. The molecule has 0 aromatic heterocycles. The third kappa shape index (κ3) is 3.61. The average molecular weight is 338 g/mol. The summed E-state index contributed by atoms with van der Waals surface area (Å²) in [5, 5.41) is 21.5. The van der Waals surface area contributed by atoms with Gasteiger partial charge in [0.2, 0.25) is 5.75 Å². The van der Waals surface area contributed by atoms with Crippen molar-refractivity contribution in [2.24, 2.45) is 0 Å². The van der Waals surface area contributed by atoms with Crippen molar-refractivity contribution in [2.75, 3.05) is 0 Å². The van der Waals surface area contributed by atoms with E-state index in [0.717, 1.165) is 24.3 Å². The van der Waals surface area contributed by atoms with Crippen LogP contribution in [0, 0.1) is 27.2 Å². The number of hydrogen-bond donors (Lipinski definition) is 0. The maximum atomic E-state index is 12.1. The molecule has 23 heavy (non-hydrogen) atoms. The van der Waals surface area contributed by atoms with Crippen molar-refractivity contribution >= 4 is 21.5 Å². The van der Waals surface area contributed by atoms with Crippen LogP contribution in [0.2, 0.25) is 0 Å². The number of nitrogens with zero attached hydrogens (tertiary/aromatic N) is 2. The summed E-state index contributed by atoms with van der Waals surface area (Å²) in [5.41, 5.74) is -0.211. The molecule has 2 aromatic carbocycles. The smallest absolute Gasteiger partial charge is 0.339 e. The van der Waals surface area contributed by atoms with Gasteiger partial charge >= 0.3 is 15.8 Å². The second-order valence-electron chi connectivity index (χ2n) is 4.52. The Labute approximate surface area is 130 Å². The van der Waals surface area contributed by atoms with Crippen LogP contribution in [-0.2, 0) is 10.1 Å². The molecule has 0 heterocycles. The standard InChI is InChI=1S/C13H10N2O7S/c1-9-2-7-13(12(8-9)15(18)19)22-23(20,21)11-5-3-10(4-6-11)14(16)17/h2-8H,1H3. The zero-order chi connectivity index (χ0) is 17.2. The highest BCUT2D eigenvalue weighted by Crippen LogP contribution is 2.30. The van der Waals surface area contributed by atoms with Crippen molar-refractivity contribution in [2.45, 2.75) is 11.8 Å². The third-order valence-electron chi connectivity index (χ3n) is 2.85. The Balaban J connectivity index is 2.39. The Kier molecular flexibility index (Phi) is 4.27. The van der Waals surface area contributed by atoms with Gasteiger partial charge in [-0.25, -0.2) is 0 Å². The van der Waals surface area contributed by atoms with Crippen LogP contribution in [0.1, 0.15) is 5.56 Å². The maximum Gasteiger partial charge on any atom is 0.339 e. The van der Waals surface area contributed by atoms with E-state index in [9.17, 15) is 28.6 Å². The summed E-state index contributed by atoms with van der Waals surface area (Å²) in [5.74, 6) is -0.432. The Morgan fingerprint density at radius 1 is 0.957 bits per heavy atom. The number of nitro benzene ring substituents is 2. The molecule has 0 spiro atoms. The summed E-state index contributed by atoms with van der Waals surface area (Å²) in [4.78, 5) is 19.7. The molecule has 10 heteroatoms. The molecule has 0 aliphatic carbocycles. The lowest BCUT2D eigenvalue weighted by Gasteiger charge is -2.07. The molecule has 0 N–H and O–H groups in total. The van der Waals surface area contributed by atoms with Gasteiger partial charge in [-0.05, 0) is 30.7 Å². The van der Waals surface area contributed by atoms with Crippen LogP contribution in [0.5, 0.6) is 5.75 Å². The topological polar surface area (TPSA) is 130 Å². The van der Waals surface area contributed by atoms with Crippen molar-refractivity contribution in [1.82, 2.24) is 0 Å². The van der Waals surface area contributed by atoms with E-state index < -0.39 is 31.4 Å². The van der Waals surface area contributed by atoms with E-state index in [2.05, 4.69) is 0 Å². The number of aryl methyl sites for hydroxylation is 1. The summed E-state index contributed by atoms with van der Waals surface area (Å²) in [6, 6.07) is 7.81. The summed E-state index contributed by atoms with van der Waals surface area (Å²) in [7, 11) is -4.35. The van der Waals surface area contributed by atoms with E-state index in [1.165, 1.54) is 18.2 Å². The largest absolute Gasteiger partial charge is 0.372 e. The SMILES string of the molecule is Cc1ccc(OS(=O)(=O)c2ccc([N+](=O)[O-])cc2)c([N+](=O)[O-])c1. The molecule has 0 saturated carbocycles. The first-order valence-electron chi connectivity index (χ1n) is 6.15. The van der Waals surface area contributed by atoms with Gasteiger partial charge < -0.3 is 4.18 Å². The first kappa shape index (κ1) is 16.4. The molecule has 0 radical (unpaired) electrons. The number of rotatable bonds is 5. The monoisotopic (exact) mass is 338 g/mol. The molecule has 0 amide bonds. The fourth-order valence-electron chi connectivity index (χ4n) is 1.74. The number of benzene rings is 2. The van der Waals surface area contributed by atoms with Gasteiger partial charge in [0, 0.05) is 18.2 Å². The van der Waals surface area contributed by atoms with Gasteiger partial charge in [0.25, 0.3) is 5.69 Å². The molecule has 0 saturated heterocycles. The van der Waals surface area contributed by atoms with Gasteiger partial charge in [-0.15, -0.1) is 0 Å².